The summed E-state index contributed by atoms with van der Waals surface area (Å²) in [6, 6.07) is 0. The number of esters is 3. The summed E-state index contributed by atoms with van der Waals surface area (Å²) in [5, 5.41) is 0. The van der Waals surface area contributed by atoms with E-state index in [-0.39, 0.29) is 31.1 Å². The quantitative estimate of drug-likeness (QED) is 0.0200. The molecule has 0 spiro atoms. The first-order valence-corrected chi connectivity index (χ1v) is 24.3. The molecule has 0 N–H and O–H groups in total. The second-order valence-corrected chi connectivity index (χ2v) is 15.7. The number of unbranched alkanes of at least 4 members (excludes halogenated alkanes) is 18. The fraction of sp³-hybridized carbons (Fsp3) is 0.648. The standard InChI is InChI=1S/C54H88O6/c1-4-7-10-13-16-19-22-25-27-30-32-35-38-41-44-47-53(56)59-50-51(49-58-52(55)46-43-40-37-34-31-28-24-21-18-15-12-9-6-3)60-54(57)48-45-42-39-36-33-29-26-23-20-17-14-11-8-5-2/h8-9,11-12,15,17-22,24,26,28-29,31,51H,4-7,10,13-14,16,23,25,27,30,32-50H2,1-3H3/b11-8-,12-9-,18-15-,20-17-,22-19-,24-21-,29-26-,31-28-. The van der Waals surface area contributed by atoms with Crippen LogP contribution in [0.1, 0.15) is 207 Å². The Kier molecular flexibility index (Phi) is 45.1. The first-order chi connectivity index (χ1) is 29.5. The highest BCUT2D eigenvalue weighted by Crippen LogP contribution is 2.13. The molecule has 1 unspecified atom stereocenters. The van der Waals surface area contributed by atoms with Gasteiger partial charge in [0.25, 0.3) is 0 Å². The molecule has 6 heteroatoms. The van der Waals surface area contributed by atoms with Crippen molar-refractivity contribution in [3.05, 3.63) is 97.2 Å². The molecule has 0 amide bonds. The number of carbonyl (C=O) groups excluding carboxylic acids is 3. The van der Waals surface area contributed by atoms with Gasteiger partial charge in [0.1, 0.15) is 13.2 Å². The highest BCUT2D eigenvalue weighted by atomic mass is 16.6. The Labute approximate surface area is 368 Å². The smallest absolute Gasteiger partial charge is 0.306 e. The summed E-state index contributed by atoms with van der Waals surface area (Å²) in [5.41, 5.74) is 0. The fourth-order valence-electron chi connectivity index (χ4n) is 6.28. The van der Waals surface area contributed by atoms with Crippen molar-refractivity contribution in [2.45, 2.75) is 213 Å². The van der Waals surface area contributed by atoms with Crippen molar-refractivity contribution in [1.29, 1.82) is 0 Å². The highest BCUT2D eigenvalue weighted by Gasteiger charge is 2.19. The van der Waals surface area contributed by atoms with E-state index in [1.165, 1.54) is 64.2 Å². The van der Waals surface area contributed by atoms with Gasteiger partial charge in [-0.3, -0.25) is 14.4 Å². The summed E-state index contributed by atoms with van der Waals surface area (Å²) in [4.78, 5) is 37.9. The molecule has 0 aliphatic rings. The Morgan fingerprint density at radius 3 is 1.25 bits per heavy atom. The number of rotatable bonds is 42. The summed E-state index contributed by atoms with van der Waals surface area (Å²) >= 11 is 0. The lowest BCUT2D eigenvalue weighted by atomic mass is 10.1. The Hall–Kier alpha value is -3.67. The van der Waals surface area contributed by atoms with Crippen molar-refractivity contribution >= 4 is 17.9 Å². The molecule has 60 heavy (non-hydrogen) atoms. The Bertz CT molecular complexity index is 1230. The molecule has 340 valence electrons. The maximum Gasteiger partial charge on any atom is 0.306 e. The Balaban J connectivity index is 4.50. The zero-order chi connectivity index (χ0) is 43.7. The van der Waals surface area contributed by atoms with Gasteiger partial charge >= 0.3 is 17.9 Å². The molecule has 0 saturated heterocycles. The van der Waals surface area contributed by atoms with E-state index in [4.69, 9.17) is 14.2 Å². The van der Waals surface area contributed by atoms with Crippen LogP contribution < -0.4 is 0 Å². The molecule has 0 aliphatic heterocycles. The third kappa shape index (κ3) is 45.4. The van der Waals surface area contributed by atoms with Crippen LogP contribution in [0.25, 0.3) is 0 Å². The lowest BCUT2D eigenvalue weighted by Crippen LogP contribution is -2.30. The summed E-state index contributed by atoms with van der Waals surface area (Å²) in [5.74, 6) is -0.977. The van der Waals surface area contributed by atoms with E-state index in [2.05, 4.69) is 81.5 Å². The van der Waals surface area contributed by atoms with Gasteiger partial charge in [0.05, 0.1) is 0 Å². The van der Waals surface area contributed by atoms with Gasteiger partial charge in [-0.25, -0.2) is 0 Å². The maximum absolute atomic E-state index is 12.8. The fourth-order valence-corrected chi connectivity index (χ4v) is 6.28. The predicted octanol–water partition coefficient (Wildman–Crippen LogP) is 15.8. The normalized spacial score (nSPS) is 12.9. The molecule has 0 aromatic carbocycles. The summed E-state index contributed by atoms with van der Waals surface area (Å²) < 4.78 is 16.7. The molecule has 0 saturated carbocycles. The van der Waals surface area contributed by atoms with Gasteiger partial charge in [0.15, 0.2) is 6.10 Å². The van der Waals surface area contributed by atoms with Crippen LogP contribution in [0.4, 0.5) is 0 Å². The average molecular weight is 833 g/mol. The summed E-state index contributed by atoms with van der Waals surface area (Å²) in [6.07, 6.45) is 62.4. The lowest BCUT2D eigenvalue weighted by Gasteiger charge is -2.18. The van der Waals surface area contributed by atoms with Crippen LogP contribution in [0.3, 0.4) is 0 Å². The molecule has 0 aliphatic carbocycles. The van der Waals surface area contributed by atoms with Gasteiger partial charge in [-0.15, -0.1) is 0 Å². The minimum atomic E-state index is -0.807. The van der Waals surface area contributed by atoms with E-state index in [1.807, 2.05) is 36.5 Å². The van der Waals surface area contributed by atoms with Gasteiger partial charge < -0.3 is 14.2 Å². The van der Waals surface area contributed by atoms with Crippen LogP contribution in [0.15, 0.2) is 97.2 Å². The first-order valence-electron chi connectivity index (χ1n) is 24.3. The molecule has 0 aromatic heterocycles. The molecule has 0 heterocycles. The van der Waals surface area contributed by atoms with Crippen LogP contribution in [0.2, 0.25) is 0 Å². The average Bonchev–Trinajstić information content (AvgIpc) is 3.24. The molecule has 0 fully saturated rings. The summed E-state index contributed by atoms with van der Waals surface area (Å²) in [6.45, 7) is 6.29. The number of allylic oxidation sites excluding steroid dienone is 16. The summed E-state index contributed by atoms with van der Waals surface area (Å²) in [7, 11) is 0. The predicted molar refractivity (Wildman–Crippen MR) is 256 cm³/mol. The largest absolute Gasteiger partial charge is 0.462 e. The van der Waals surface area contributed by atoms with E-state index in [0.717, 1.165) is 103 Å². The van der Waals surface area contributed by atoms with E-state index in [1.54, 1.807) is 0 Å². The SMILES string of the molecule is CC\C=C/C=C\C=C/C=C\CCCCCC(=O)OCC(COC(=O)CCCCCCCCC/C=C\CCCCCC)OC(=O)CCCCCC/C=C\C/C=C\C/C=C\CC. The van der Waals surface area contributed by atoms with Crippen molar-refractivity contribution in [2.75, 3.05) is 13.2 Å². The van der Waals surface area contributed by atoms with E-state index in [0.29, 0.717) is 19.3 Å². The molecule has 0 aromatic rings. The first kappa shape index (κ1) is 56.3. The van der Waals surface area contributed by atoms with Gasteiger partial charge in [0, 0.05) is 19.3 Å². The molecule has 6 nitrogen and oxygen atoms in total. The molecule has 0 radical (unpaired) electrons. The van der Waals surface area contributed by atoms with Crippen molar-refractivity contribution < 1.29 is 28.6 Å². The molecular weight excluding hydrogens is 745 g/mol. The van der Waals surface area contributed by atoms with E-state index in [9.17, 15) is 14.4 Å². The molecular formula is C54H88O6. The van der Waals surface area contributed by atoms with Crippen LogP contribution in [0, 0.1) is 0 Å². The van der Waals surface area contributed by atoms with Crippen molar-refractivity contribution in [2.24, 2.45) is 0 Å². The number of carbonyl (C=O) groups is 3. The van der Waals surface area contributed by atoms with E-state index >= 15 is 0 Å². The second kappa shape index (κ2) is 48.0. The van der Waals surface area contributed by atoms with Gasteiger partial charge in [0.2, 0.25) is 0 Å². The molecule has 0 bridgehead atoms. The molecule has 1 atom stereocenters. The lowest BCUT2D eigenvalue weighted by molar-refractivity contribution is -0.167. The van der Waals surface area contributed by atoms with Gasteiger partial charge in [-0.1, -0.05) is 189 Å². The minimum absolute atomic E-state index is 0.103. The second-order valence-electron chi connectivity index (χ2n) is 15.7. The van der Waals surface area contributed by atoms with Crippen LogP contribution >= 0.6 is 0 Å². The zero-order valence-corrected chi connectivity index (χ0v) is 38.7. The maximum atomic E-state index is 12.8. The Morgan fingerprint density at radius 1 is 0.367 bits per heavy atom. The van der Waals surface area contributed by atoms with Crippen molar-refractivity contribution in [3.8, 4) is 0 Å². The number of ether oxygens (including phenoxy) is 3. The van der Waals surface area contributed by atoms with Gasteiger partial charge in [-0.05, 0) is 96.3 Å². The number of hydrogen-bond donors (Lipinski definition) is 0. The van der Waals surface area contributed by atoms with Crippen LogP contribution in [-0.4, -0.2) is 37.2 Å². The Morgan fingerprint density at radius 2 is 0.733 bits per heavy atom. The third-order valence-electron chi connectivity index (χ3n) is 9.90. The van der Waals surface area contributed by atoms with Crippen LogP contribution in [-0.2, 0) is 28.6 Å². The zero-order valence-electron chi connectivity index (χ0n) is 38.7. The van der Waals surface area contributed by atoms with Crippen LogP contribution in [0.5, 0.6) is 0 Å². The highest BCUT2D eigenvalue weighted by molar-refractivity contribution is 5.71. The van der Waals surface area contributed by atoms with Crippen molar-refractivity contribution in [3.63, 3.8) is 0 Å². The van der Waals surface area contributed by atoms with Crippen molar-refractivity contribution in [1.82, 2.24) is 0 Å². The number of hydrogen-bond acceptors (Lipinski definition) is 6. The third-order valence-corrected chi connectivity index (χ3v) is 9.90. The molecule has 0 rings (SSSR count). The minimum Gasteiger partial charge on any atom is -0.462 e. The topological polar surface area (TPSA) is 78.9 Å². The van der Waals surface area contributed by atoms with E-state index < -0.39 is 6.10 Å². The monoisotopic (exact) mass is 833 g/mol. The van der Waals surface area contributed by atoms with Gasteiger partial charge in [-0.2, -0.15) is 0 Å².